The van der Waals surface area contributed by atoms with Crippen LogP contribution in [-0.4, -0.2) is 31.1 Å². The smallest absolute Gasteiger partial charge is 0.311 e. The van der Waals surface area contributed by atoms with Crippen LogP contribution in [0.2, 0.25) is 0 Å². The maximum absolute atomic E-state index is 11.3. The van der Waals surface area contributed by atoms with Gasteiger partial charge in [0.15, 0.2) is 5.79 Å². The summed E-state index contributed by atoms with van der Waals surface area (Å²) in [5, 5.41) is 0. The largest absolute Gasteiger partial charge is 0.466 e. The van der Waals surface area contributed by atoms with Crippen LogP contribution in [0.15, 0.2) is 0 Å². The summed E-state index contributed by atoms with van der Waals surface area (Å²) >= 11 is 0. The minimum atomic E-state index is -0.658. The van der Waals surface area contributed by atoms with Crippen molar-refractivity contribution in [2.24, 2.45) is 0 Å². The first-order valence-corrected chi connectivity index (χ1v) is 5.21. The number of ether oxygens (including phenoxy) is 3. The van der Waals surface area contributed by atoms with E-state index in [0.717, 1.165) is 19.3 Å². The van der Waals surface area contributed by atoms with Crippen LogP contribution in [0.1, 0.15) is 32.6 Å². The van der Waals surface area contributed by atoms with E-state index < -0.39 is 5.79 Å². The van der Waals surface area contributed by atoms with Crippen molar-refractivity contribution in [3.63, 3.8) is 0 Å². The van der Waals surface area contributed by atoms with E-state index in [2.05, 4.69) is 0 Å². The molecule has 2 saturated heterocycles. The average molecular weight is 200 g/mol. The molecule has 14 heavy (non-hydrogen) atoms. The molecule has 0 radical (unpaired) electrons. The van der Waals surface area contributed by atoms with Gasteiger partial charge in [0.05, 0.1) is 25.7 Å². The molecule has 80 valence electrons. The van der Waals surface area contributed by atoms with Gasteiger partial charge in [-0.1, -0.05) is 0 Å². The molecule has 0 aromatic carbocycles. The van der Waals surface area contributed by atoms with Gasteiger partial charge in [0.25, 0.3) is 0 Å². The lowest BCUT2D eigenvalue weighted by molar-refractivity contribution is -0.202. The van der Waals surface area contributed by atoms with Crippen LogP contribution in [0.25, 0.3) is 0 Å². The second kappa shape index (κ2) is 3.87. The lowest BCUT2D eigenvalue weighted by Gasteiger charge is -2.30. The van der Waals surface area contributed by atoms with Gasteiger partial charge >= 0.3 is 5.97 Å². The number of fused-ring (bicyclic) bond motifs is 2. The van der Waals surface area contributed by atoms with Gasteiger partial charge < -0.3 is 14.2 Å². The Kier molecular flexibility index (Phi) is 2.74. The Labute approximate surface area is 83.5 Å². The first-order chi connectivity index (χ1) is 6.74. The molecule has 0 spiro atoms. The SMILES string of the molecule is CCOC(=O)C[C@@]12CCC[C@@H](CO1)O2. The molecular formula is C10H16O4. The molecule has 2 aliphatic rings. The summed E-state index contributed by atoms with van der Waals surface area (Å²) < 4.78 is 16.1. The van der Waals surface area contributed by atoms with Gasteiger partial charge in [-0.05, 0) is 19.8 Å². The van der Waals surface area contributed by atoms with Crippen molar-refractivity contribution >= 4 is 5.97 Å². The van der Waals surface area contributed by atoms with Gasteiger partial charge in [0.2, 0.25) is 0 Å². The zero-order valence-electron chi connectivity index (χ0n) is 8.45. The van der Waals surface area contributed by atoms with Crippen molar-refractivity contribution < 1.29 is 19.0 Å². The van der Waals surface area contributed by atoms with Crippen LogP contribution in [0.3, 0.4) is 0 Å². The first-order valence-electron chi connectivity index (χ1n) is 5.21. The molecule has 4 nitrogen and oxygen atoms in total. The highest BCUT2D eigenvalue weighted by Gasteiger charge is 2.46. The predicted octanol–water partition coefficient (Wildman–Crippen LogP) is 1.24. The maximum atomic E-state index is 11.3. The Morgan fingerprint density at radius 1 is 1.64 bits per heavy atom. The van der Waals surface area contributed by atoms with Gasteiger partial charge in [-0.25, -0.2) is 0 Å². The van der Waals surface area contributed by atoms with E-state index in [4.69, 9.17) is 14.2 Å². The quantitative estimate of drug-likeness (QED) is 0.643. The summed E-state index contributed by atoms with van der Waals surface area (Å²) in [5.74, 6) is -0.884. The summed E-state index contributed by atoms with van der Waals surface area (Å²) in [7, 11) is 0. The lowest BCUT2D eigenvalue weighted by Crippen LogP contribution is -2.37. The van der Waals surface area contributed by atoms with E-state index in [1.165, 1.54) is 0 Å². The van der Waals surface area contributed by atoms with Crippen LogP contribution in [0.5, 0.6) is 0 Å². The fourth-order valence-corrected chi connectivity index (χ4v) is 2.10. The molecule has 2 aliphatic heterocycles. The lowest BCUT2D eigenvalue weighted by atomic mass is 10.0. The molecule has 2 atom stereocenters. The minimum Gasteiger partial charge on any atom is -0.466 e. The van der Waals surface area contributed by atoms with E-state index in [1.54, 1.807) is 6.92 Å². The zero-order valence-corrected chi connectivity index (χ0v) is 8.45. The molecule has 2 rings (SSSR count). The summed E-state index contributed by atoms with van der Waals surface area (Å²) in [6.45, 7) is 2.84. The van der Waals surface area contributed by atoms with Crippen LogP contribution < -0.4 is 0 Å². The van der Waals surface area contributed by atoms with Gasteiger partial charge in [0.1, 0.15) is 0 Å². The molecule has 0 aromatic heterocycles. The Bertz CT molecular complexity index is 224. The Morgan fingerprint density at radius 2 is 2.50 bits per heavy atom. The third-order valence-electron chi connectivity index (χ3n) is 2.72. The summed E-state index contributed by atoms with van der Waals surface area (Å²) in [5.41, 5.74) is 0. The molecule has 0 amide bonds. The average Bonchev–Trinajstić information content (AvgIpc) is 2.42. The molecule has 2 fully saturated rings. The summed E-state index contributed by atoms with van der Waals surface area (Å²) in [6.07, 6.45) is 3.35. The molecule has 0 aliphatic carbocycles. The van der Waals surface area contributed by atoms with Crippen molar-refractivity contribution in [1.82, 2.24) is 0 Å². The van der Waals surface area contributed by atoms with Crippen molar-refractivity contribution in [3.8, 4) is 0 Å². The van der Waals surface area contributed by atoms with Crippen molar-refractivity contribution in [2.75, 3.05) is 13.2 Å². The second-order valence-electron chi connectivity index (χ2n) is 3.84. The second-order valence-corrected chi connectivity index (χ2v) is 3.84. The summed E-state index contributed by atoms with van der Waals surface area (Å²) in [4.78, 5) is 11.3. The van der Waals surface area contributed by atoms with E-state index in [-0.39, 0.29) is 18.5 Å². The van der Waals surface area contributed by atoms with Crippen molar-refractivity contribution in [3.05, 3.63) is 0 Å². The number of carbonyl (C=O) groups is 1. The monoisotopic (exact) mass is 200 g/mol. The molecular weight excluding hydrogens is 184 g/mol. The van der Waals surface area contributed by atoms with E-state index in [9.17, 15) is 4.79 Å². The molecule has 0 unspecified atom stereocenters. The normalized spacial score (nSPS) is 35.6. The van der Waals surface area contributed by atoms with Gasteiger partial charge in [-0.15, -0.1) is 0 Å². The first kappa shape index (κ1) is 9.93. The third-order valence-corrected chi connectivity index (χ3v) is 2.72. The van der Waals surface area contributed by atoms with Crippen LogP contribution in [0.4, 0.5) is 0 Å². The molecule has 2 heterocycles. The molecule has 0 saturated carbocycles. The highest BCUT2D eigenvalue weighted by Crippen LogP contribution is 2.38. The Morgan fingerprint density at radius 3 is 3.29 bits per heavy atom. The van der Waals surface area contributed by atoms with Crippen LogP contribution in [0, 0.1) is 0 Å². The third kappa shape index (κ3) is 1.91. The van der Waals surface area contributed by atoms with E-state index in [1.807, 2.05) is 0 Å². The highest BCUT2D eigenvalue weighted by atomic mass is 16.7. The molecule has 2 bridgehead atoms. The van der Waals surface area contributed by atoms with Crippen molar-refractivity contribution in [1.29, 1.82) is 0 Å². The summed E-state index contributed by atoms with van der Waals surface area (Å²) in [6, 6.07) is 0. The molecule has 4 heteroatoms. The molecule has 0 aromatic rings. The minimum absolute atomic E-state index is 0.193. The molecule has 0 N–H and O–H groups in total. The number of carbonyl (C=O) groups excluding carboxylic acids is 1. The van der Waals surface area contributed by atoms with Crippen LogP contribution >= 0.6 is 0 Å². The fraction of sp³-hybridized carbons (Fsp3) is 0.900. The van der Waals surface area contributed by atoms with Crippen molar-refractivity contribution in [2.45, 2.75) is 44.5 Å². The van der Waals surface area contributed by atoms with Crippen LogP contribution in [-0.2, 0) is 19.0 Å². The van der Waals surface area contributed by atoms with E-state index >= 15 is 0 Å². The maximum Gasteiger partial charge on any atom is 0.311 e. The number of hydrogen-bond donors (Lipinski definition) is 0. The number of rotatable bonds is 3. The highest BCUT2D eigenvalue weighted by molar-refractivity contribution is 5.70. The van der Waals surface area contributed by atoms with E-state index in [0.29, 0.717) is 13.2 Å². The van der Waals surface area contributed by atoms with Gasteiger partial charge in [0, 0.05) is 6.42 Å². The Balaban J connectivity index is 1.92. The number of hydrogen-bond acceptors (Lipinski definition) is 4. The topological polar surface area (TPSA) is 44.8 Å². The predicted molar refractivity (Wildman–Crippen MR) is 48.7 cm³/mol. The fourth-order valence-electron chi connectivity index (χ4n) is 2.10. The number of esters is 1. The van der Waals surface area contributed by atoms with Gasteiger partial charge in [-0.3, -0.25) is 4.79 Å². The Hall–Kier alpha value is -0.610. The van der Waals surface area contributed by atoms with Gasteiger partial charge in [-0.2, -0.15) is 0 Å². The zero-order chi connectivity index (χ0) is 10.0. The standard InChI is InChI=1S/C10H16O4/c1-2-12-9(11)6-10-5-3-4-8(14-10)7-13-10/h8H,2-7H2,1H3/t8-,10-/m0/s1.